The maximum absolute atomic E-state index is 11.8. The van der Waals surface area contributed by atoms with Crippen LogP contribution in [0.15, 0.2) is 18.2 Å². The second-order valence-electron chi connectivity index (χ2n) is 10.7. The molecule has 1 aromatic carbocycles. The highest BCUT2D eigenvalue weighted by Crippen LogP contribution is 2.41. The molecular weight excluding hydrogens is 450 g/mol. The van der Waals surface area contributed by atoms with E-state index in [0.717, 1.165) is 50.5 Å². The van der Waals surface area contributed by atoms with E-state index in [9.17, 15) is 4.79 Å². The molecule has 200 valence electrons. The fraction of sp³-hybridized carbons (Fsp3) is 0.710. The number of nitrogens with zero attached hydrogens (tertiary/aromatic N) is 1. The Balaban J connectivity index is 1.60. The summed E-state index contributed by atoms with van der Waals surface area (Å²) in [7, 11) is 0. The van der Waals surface area contributed by atoms with E-state index in [0.29, 0.717) is 26.1 Å². The smallest absolute Gasteiger partial charge is 0.305 e. The van der Waals surface area contributed by atoms with Crippen LogP contribution >= 0.6 is 0 Å². The summed E-state index contributed by atoms with van der Waals surface area (Å²) < 4.78 is 20.3. The van der Waals surface area contributed by atoms with Crippen molar-refractivity contribution < 1.29 is 19.0 Å². The number of rotatable bonds is 11. The topological polar surface area (TPSA) is 49.7 Å². The summed E-state index contributed by atoms with van der Waals surface area (Å²) in [6.07, 6.45) is 16.5. The van der Waals surface area contributed by atoms with Crippen molar-refractivity contribution in [2.24, 2.45) is 5.92 Å². The molecule has 0 bridgehead atoms. The number of fused-ring (bicyclic) bond motifs is 3. The monoisotopic (exact) mass is 497 g/mol. The first kappa shape index (κ1) is 27.0. The molecule has 4 rings (SSSR count). The van der Waals surface area contributed by atoms with Gasteiger partial charge in [-0.15, -0.1) is 0 Å². The molecule has 0 aliphatic heterocycles. The van der Waals surface area contributed by atoms with E-state index in [4.69, 9.17) is 14.2 Å². The molecule has 2 aliphatic rings. The third kappa shape index (κ3) is 7.06. The van der Waals surface area contributed by atoms with Crippen LogP contribution in [0, 0.1) is 5.92 Å². The predicted octanol–water partition coefficient (Wildman–Crippen LogP) is 7.92. The summed E-state index contributed by atoms with van der Waals surface area (Å²) in [5.41, 5.74) is 4.17. The molecule has 5 nitrogen and oxygen atoms in total. The molecule has 2 aromatic rings. The maximum Gasteiger partial charge on any atom is 0.305 e. The lowest BCUT2D eigenvalue weighted by Gasteiger charge is -2.28. The van der Waals surface area contributed by atoms with Gasteiger partial charge in [-0.05, 0) is 75.5 Å². The summed E-state index contributed by atoms with van der Waals surface area (Å²) >= 11 is 0. The molecule has 0 N–H and O–H groups in total. The summed E-state index contributed by atoms with van der Waals surface area (Å²) in [5, 5.41) is 1.37. The van der Waals surface area contributed by atoms with Gasteiger partial charge in [0.2, 0.25) is 0 Å². The van der Waals surface area contributed by atoms with Gasteiger partial charge in [0.25, 0.3) is 0 Å². The highest BCUT2D eigenvalue weighted by atomic mass is 16.5. The Morgan fingerprint density at radius 2 is 1.75 bits per heavy atom. The average Bonchev–Trinajstić information content (AvgIpc) is 3.26. The number of aromatic nitrogens is 1. The normalized spacial score (nSPS) is 19.3. The second kappa shape index (κ2) is 14.1. The van der Waals surface area contributed by atoms with Crippen molar-refractivity contribution in [2.75, 3.05) is 19.8 Å². The Kier molecular flexibility index (Phi) is 10.6. The lowest BCUT2D eigenvalue weighted by molar-refractivity contribution is -0.143. The molecule has 0 spiro atoms. The van der Waals surface area contributed by atoms with Gasteiger partial charge in [-0.1, -0.05) is 45.4 Å². The number of hydrogen-bond donors (Lipinski definition) is 0. The van der Waals surface area contributed by atoms with Crippen LogP contribution in [0.5, 0.6) is 5.75 Å². The molecule has 0 amide bonds. The molecule has 36 heavy (non-hydrogen) atoms. The summed E-state index contributed by atoms with van der Waals surface area (Å²) in [5.74, 6) is 1.57. The van der Waals surface area contributed by atoms with Crippen LogP contribution < -0.4 is 4.74 Å². The van der Waals surface area contributed by atoms with Gasteiger partial charge in [0, 0.05) is 31.0 Å². The molecular formula is C31H47NO4. The average molecular weight is 498 g/mol. The van der Waals surface area contributed by atoms with E-state index in [1.54, 1.807) is 0 Å². The van der Waals surface area contributed by atoms with Crippen LogP contribution in [-0.4, -0.2) is 30.4 Å². The summed E-state index contributed by atoms with van der Waals surface area (Å²) in [4.78, 5) is 11.8. The molecule has 2 aliphatic carbocycles. The molecule has 1 unspecified atom stereocenters. The van der Waals surface area contributed by atoms with Crippen molar-refractivity contribution in [3.8, 4) is 5.75 Å². The minimum Gasteiger partial charge on any atom is -0.494 e. The molecule has 1 atom stereocenters. The molecule has 1 heterocycles. The van der Waals surface area contributed by atoms with Gasteiger partial charge in [0.1, 0.15) is 5.75 Å². The van der Waals surface area contributed by atoms with Gasteiger partial charge in [-0.25, -0.2) is 0 Å². The van der Waals surface area contributed by atoms with Gasteiger partial charge >= 0.3 is 5.97 Å². The molecule has 5 heteroatoms. The molecule has 0 saturated heterocycles. The first-order valence-corrected chi connectivity index (χ1v) is 14.8. The number of aryl methyl sites for hydroxylation is 1. The minimum atomic E-state index is -0.126. The van der Waals surface area contributed by atoms with E-state index in [-0.39, 0.29) is 12.1 Å². The van der Waals surface area contributed by atoms with Gasteiger partial charge in [0.15, 0.2) is 0 Å². The third-order valence-electron chi connectivity index (χ3n) is 7.92. The summed E-state index contributed by atoms with van der Waals surface area (Å²) in [6, 6.07) is 6.70. The Hall–Kier alpha value is -2.01. The number of benzene rings is 1. The molecule has 0 radical (unpaired) electrons. The Morgan fingerprint density at radius 1 is 0.972 bits per heavy atom. The van der Waals surface area contributed by atoms with Gasteiger partial charge in [0.05, 0.1) is 30.5 Å². The van der Waals surface area contributed by atoms with E-state index in [1.807, 2.05) is 6.92 Å². The standard InChI is InChI=1S/C31H47NO4/c1-3-20-35-25-18-19-26-27-15-11-16-29(36-21-12-17-30(33)34-4-2)31(27)32(28(26)22-25)23-24-13-9-7-5-6-8-10-14-24/h18-19,22,24,29H,3-17,20-21,23H2,1-2H3. The third-order valence-corrected chi connectivity index (χ3v) is 7.92. The van der Waals surface area contributed by atoms with E-state index < -0.39 is 0 Å². The van der Waals surface area contributed by atoms with Crippen molar-refractivity contribution >= 4 is 16.9 Å². The van der Waals surface area contributed by atoms with Crippen molar-refractivity contribution in [1.82, 2.24) is 4.57 Å². The van der Waals surface area contributed by atoms with Crippen LogP contribution in [0.3, 0.4) is 0 Å². The van der Waals surface area contributed by atoms with Crippen LogP contribution in [-0.2, 0) is 27.2 Å². The van der Waals surface area contributed by atoms with Crippen LogP contribution in [0.4, 0.5) is 0 Å². The van der Waals surface area contributed by atoms with E-state index in [1.165, 1.54) is 73.5 Å². The van der Waals surface area contributed by atoms with Crippen LogP contribution in [0.1, 0.15) is 115 Å². The second-order valence-corrected chi connectivity index (χ2v) is 10.7. The zero-order valence-corrected chi connectivity index (χ0v) is 22.7. The molecule has 1 fully saturated rings. The van der Waals surface area contributed by atoms with Crippen molar-refractivity contribution in [3.63, 3.8) is 0 Å². The van der Waals surface area contributed by atoms with Crippen molar-refractivity contribution in [3.05, 3.63) is 29.5 Å². The van der Waals surface area contributed by atoms with Crippen molar-refractivity contribution in [1.29, 1.82) is 0 Å². The van der Waals surface area contributed by atoms with E-state index >= 15 is 0 Å². The maximum atomic E-state index is 11.8. The highest BCUT2D eigenvalue weighted by molar-refractivity contribution is 5.87. The van der Waals surface area contributed by atoms with Gasteiger partial charge in [-0.2, -0.15) is 0 Å². The lowest BCUT2D eigenvalue weighted by atomic mass is 9.92. The minimum absolute atomic E-state index is 0.0969. The van der Waals surface area contributed by atoms with Crippen LogP contribution in [0.2, 0.25) is 0 Å². The van der Waals surface area contributed by atoms with Gasteiger partial charge in [-0.3, -0.25) is 4.79 Å². The lowest BCUT2D eigenvalue weighted by Crippen LogP contribution is -2.20. The Bertz CT molecular complexity index is 955. The zero-order valence-electron chi connectivity index (χ0n) is 22.7. The fourth-order valence-corrected chi connectivity index (χ4v) is 6.15. The largest absolute Gasteiger partial charge is 0.494 e. The molecule has 1 aromatic heterocycles. The van der Waals surface area contributed by atoms with Crippen LogP contribution in [0.25, 0.3) is 10.9 Å². The highest BCUT2D eigenvalue weighted by Gasteiger charge is 2.29. The quantitative estimate of drug-likeness (QED) is 0.234. The predicted molar refractivity (Wildman–Crippen MR) is 146 cm³/mol. The molecule has 1 saturated carbocycles. The Labute approximate surface area is 217 Å². The fourth-order valence-electron chi connectivity index (χ4n) is 6.15. The zero-order chi connectivity index (χ0) is 25.2. The van der Waals surface area contributed by atoms with Crippen molar-refractivity contribution in [2.45, 2.75) is 116 Å². The number of ether oxygens (including phenoxy) is 3. The summed E-state index contributed by atoms with van der Waals surface area (Å²) in [6.45, 7) is 6.87. The number of hydrogen-bond acceptors (Lipinski definition) is 4. The first-order chi connectivity index (χ1) is 17.7. The Morgan fingerprint density at radius 3 is 2.50 bits per heavy atom. The van der Waals surface area contributed by atoms with Gasteiger partial charge < -0.3 is 18.8 Å². The van der Waals surface area contributed by atoms with E-state index in [2.05, 4.69) is 29.7 Å². The number of carbonyl (C=O) groups is 1. The SMILES string of the molecule is CCCOc1ccc2c3c(n(CC4CCCCCCCC4)c2c1)C(OCCCC(=O)OCC)CCC3. The first-order valence-electron chi connectivity index (χ1n) is 14.8. The number of esters is 1. The number of carbonyl (C=O) groups excluding carboxylic acids is 1.